The van der Waals surface area contributed by atoms with Gasteiger partial charge in [0.05, 0.1) is 6.61 Å². The average molecular weight is 416 g/mol. The van der Waals surface area contributed by atoms with Crippen LogP contribution in [0.15, 0.2) is 66.9 Å². The summed E-state index contributed by atoms with van der Waals surface area (Å²) in [6.45, 7) is 5.15. The molecule has 31 heavy (non-hydrogen) atoms. The van der Waals surface area contributed by atoms with Crippen LogP contribution < -0.4 is 4.74 Å². The van der Waals surface area contributed by atoms with Crippen molar-refractivity contribution >= 4 is 0 Å². The zero-order valence-electron chi connectivity index (χ0n) is 19.3. The number of hydrogen-bond donors (Lipinski definition) is 0. The van der Waals surface area contributed by atoms with Crippen LogP contribution in [0.2, 0.25) is 0 Å². The van der Waals surface area contributed by atoms with E-state index in [9.17, 15) is 0 Å². The van der Waals surface area contributed by atoms with Crippen LogP contribution in [0.1, 0.15) is 69.2 Å². The topological polar surface area (TPSA) is 22.1 Å². The second-order valence-electron chi connectivity index (χ2n) is 8.39. The lowest BCUT2D eigenvalue weighted by molar-refractivity contribution is 0.317. The zero-order valence-corrected chi connectivity index (χ0v) is 19.3. The van der Waals surface area contributed by atoms with Crippen LogP contribution in [-0.4, -0.2) is 11.6 Å². The molecule has 0 bridgehead atoms. The number of nitrogens with zero attached hydrogens (tertiary/aromatic N) is 1. The minimum absolute atomic E-state index is 0.769. The largest absolute Gasteiger partial charge is 0.494 e. The van der Waals surface area contributed by atoms with Crippen molar-refractivity contribution in [3.63, 3.8) is 0 Å². The Kier molecular flexibility index (Phi) is 9.63. The molecule has 3 aromatic rings. The molecule has 0 aliphatic rings. The first-order valence-corrected chi connectivity index (χ1v) is 12.0. The van der Waals surface area contributed by atoms with Gasteiger partial charge in [-0.15, -0.1) is 0 Å². The van der Waals surface area contributed by atoms with Gasteiger partial charge in [0.25, 0.3) is 0 Å². The van der Waals surface area contributed by atoms with E-state index < -0.39 is 0 Å². The van der Waals surface area contributed by atoms with Crippen LogP contribution in [0.25, 0.3) is 11.1 Å². The predicted octanol–water partition coefficient (Wildman–Crippen LogP) is 7.84. The van der Waals surface area contributed by atoms with E-state index in [1.54, 1.807) is 0 Å². The maximum absolute atomic E-state index is 5.67. The monoisotopic (exact) mass is 415 g/mol. The summed E-state index contributed by atoms with van der Waals surface area (Å²) in [5, 5.41) is 0. The fourth-order valence-electron chi connectivity index (χ4n) is 3.78. The maximum atomic E-state index is 5.67. The van der Waals surface area contributed by atoms with E-state index >= 15 is 0 Å². The molecule has 0 aliphatic carbocycles. The Hall–Kier alpha value is -2.61. The van der Waals surface area contributed by atoms with Gasteiger partial charge in [-0.3, -0.25) is 4.98 Å². The lowest BCUT2D eigenvalue weighted by Gasteiger charge is -2.08. The van der Waals surface area contributed by atoms with E-state index in [0.29, 0.717) is 0 Å². The summed E-state index contributed by atoms with van der Waals surface area (Å²) >= 11 is 0. The van der Waals surface area contributed by atoms with Crippen LogP contribution >= 0.6 is 0 Å². The Labute approximate surface area is 188 Å². The van der Waals surface area contributed by atoms with Gasteiger partial charge in [-0.1, -0.05) is 82.0 Å². The van der Waals surface area contributed by atoms with Gasteiger partial charge < -0.3 is 4.74 Å². The molecule has 2 aromatic carbocycles. The Morgan fingerprint density at radius 1 is 0.613 bits per heavy atom. The van der Waals surface area contributed by atoms with E-state index in [0.717, 1.165) is 38.0 Å². The quantitative estimate of drug-likeness (QED) is 0.265. The van der Waals surface area contributed by atoms with Crippen molar-refractivity contribution < 1.29 is 4.74 Å². The van der Waals surface area contributed by atoms with Gasteiger partial charge in [0, 0.05) is 11.9 Å². The Bertz CT molecular complexity index is 866. The third-order valence-corrected chi connectivity index (χ3v) is 5.74. The molecule has 0 spiro atoms. The molecule has 2 nitrogen and oxygen atoms in total. The second kappa shape index (κ2) is 12.9. The number of hydrogen-bond acceptors (Lipinski definition) is 2. The van der Waals surface area contributed by atoms with Gasteiger partial charge in [0.2, 0.25) is 0 Å². The van der Waals surface area contributed by atoms with Crippen molar-refractivity contribution in [2.75, 3.05) is 6.61 Å². The molecule has 3 rings (SSSR count). The molecule has 0 fully saturated rings. The van der Waals surface area contributed by atoms with Crippen molar-refractivity contribution in [3.05, 3.63) is 83.7 Å². The first-order chi connectivity index (χ1) is 15.3. The second-order valence-corrected chi connectivity index (χ2v) is 8.39. The molecule has 0 unspecified atom stereocenters. The molecule has 0 amide bonds. The summed E-state index contributed by atoms with van der Waals surface area (Å²) < 4.78 is 5.67. The molecule has 164 valence electrons. The Balaban J connectivity index is 1.45. The molecule has 0 radical (unpaired) electrons. The molecular weight excluding hydrogens is 378 g/mol. The molecule has 1 aromatic heterocycles. The van der Waals surface area contributed by atoms with Gasteiger partial charge in [0.15, 0.2) is 0 Å². The third kappa shape index (κ3) is 7.86. The molecule has 0 N–H and O–H groups in total. The zero-order chi connectivity index (χ0) is 21.7. The normalized spacial score (nSPS) is 10.9. The average Bonchev–Trinajstić information content (AvgIpc) is 2.83. The highest BCUT2D eigenvalue weighted by atomic mass is 16.5. The van der Waals surface area contributed by atoms with E-state index in [1.807, 2.05) is 0 Å². The summed E-state index contributed by atoms with van der Waals surface area (Å²) in [6, 6.07) is 21.8. The molecule has 2 heteroatoms. The molecule has 0 aliphatic heterocycles. The molecule has 0 saturated carbocycles. The number of benzene rings is 2. The lowest BCUT2D eigenvalue weighted by Crippen LogP contribution is -1.96. The summed E-state index contributed by atoms with van der Waals surface area (Å²) in [6.07, 6.45) is 12.9. The number of aromatic nitrogens is 1. The van der Waals surface area contributed by atoms with Crippen LogP contribution in [-0.2, 0) is 19.3 Å². The van der Waals surface area contributed by atoms with Gasteiger partial charge >= 0.3 is 0 Å². The SMILES string of the molecule is CCCCCCCc1ccc(CCc2ccc(-c3ccc(OCCC)cc3)cc2)nc1. The van der Waals surface area contributed by atoms with E-state index in [4.69, 9.17) is 9.72 Å². The number of aryl methyl sites for hydroxylation is 3. The molecular formula is C29H37NO. The summed E-state index contributed by atoms with van der Waals surface area (Å²) in [5.41, 5.74) is 6.38. The molecule has 1 heterocycles. The first kappa shape index (κ1) is 23.1. The van der Waals surface area contributed by atoms with Crippen molar-refractivity contribution in [2.24, 2.45) is 0 Å². The first-order valence-electron chi connectivity index (χ1n) is 12.0. The van der Waals surface area contributed by atoms with Gasteiger partial charge in [-0.25, -0.2) is 0 Å². The summed E-state index contributed by atoms with van der Waals surface area (Å²) in [5.74, 6) is 0.942. The molecule has 0 atom stereocenters. The third-order valence-electron chi connectivity index (χ3n) is 5.74. The summed E-state index contributed by atoms with van der Waals surface area (Å²) in [7, 11) is 0. The van der Waals surface area contributed by atoms with Crippen molar-refractivity contribution in [1.82, 2.24) is 4.98 Å². The van der Waals surface area contributed by atoms with Crippen molar-refractivity contribution in [2.45, 2.75) is 71.6 Å². The smallest absolute Gasteiger partial charge is 0.119 e. The highest BCUT2D eigenvalue weighted by Gasteiger charge is 2.02. The Morgan fingerprint density at radius 3 is 1.94 bits per heavy atom. The fourth-order valence-corrected chi connectivity index (χ4v) is 3.78. The van der Waals surface area contributed by atoms with Gasteiger partial charge in [-0.05, 0) is 72.6 Å². The summed E-state index contributed by atoms with van der Waals surface area (Å²) in [4.78, 5) is 4.69. The highest BCUT2D eigenvalue weighted by molar-refractivity contribution is 5.64. The molecule has 0 saturated heterocycles. The minimum atomic E-state index is 0.769. The van der Waals surface area contributed by atoms with Crippen molar-refractivity contribution in [3.8, 4) is 16.9 Å². The van der Waals surface area contributed by atoms with Gasteiger partial charge in [0.1, 0.15) is 5.75 Å². The fraction of sp³-hybridized carbons (Fsp3) is 0.414. The van der Waals surface area contributed by atoms with Gasteiger partial charge in [-0.2, -0.15) is 0 Å². The van der Waals surface area contributed by atoms with Crippen LogP contribution in [0.3, 0.4) is 0 Å². The Morgan fingerprint density at radius 2 is 1.29 bits per heavy atom. The van der Waals surface area contributed by atoms with Crippen molar-refractivity contribution in [1.29, 1.82) is 0 Å². The predicted molar refractivity (Wildman–Crippen MR) is 132 cm³/mol. The number of ether oxygens (including phenoxy) is 1. The maximum Gasteiger partial charge on any atom is 0.119 e. The number of rotatable bonds is 13. The van der Waals surface area contributed by atoms with E-state index in [-0.39, 0.29) is 0 Å². The number of unbranched alkanes of at least 4 members (excludes halogenated alkanes) is 4. The van der Waals surface area contributed by atoms with E-state index in [1.165, 1.54) is 60.1 Å². The van der Waals surface area contributed by atoms with Crippen LogP contribution in [0.4, 0.5) is 0 Å². The lowest BCUT2D eigenvalue weighted by atomic mass is 10.0. The number of pyridine rings is 1. The van der Waals surface area contributed by atoms with Crippen LogP contribution in [0.5, 0.6) is 5.75 Å². The standard InChI is InChI=1S/C29H37NO/c1-3-5-6-7-8-9-25-13-19-28(30-23-25)18-12-24-10-14-26(15-11-24)27-16-20-29(21-17-27)31-22-4-2/h10-11,13-17,19-21,23H,3-9,12,18,22H2,1-2H3. The van der Waals surface area contributed by atoms with E-state index in [2.05, 4.69) is 80.7 Å². The minimum Gasteiger partial charge on any atom is -0.494 e. The highest BCUT2D eigenvalue weighted by Crippen LogP contribution is 2.23. The van der Waals surface area contributed by atoms with Crippen LogP contribution in [0, 0.1) is 0 Å².